The fraction of sp³-hybridized carbons (Fsp3) is 0.692. The van der Waals surface area contributed by atoms with Gasteiger partial charge in [0.2, 0.25) is 5.95 Å². The number of hydrogen-bond acceptors (Lipinski definition) is 4. The first kappa shape index (κ1) is 13.9. The predicted molar refractivity (Wildman–Crippen MR) is 70.3 cm³/mol. The highest BCUT2D eigenvalue weighted by molar-refractivity contribution is 5.29. The van der Waals surface area contributed by atoms with E-state index in [4.69, 9.17) is 0 Å². The van der Waals surface area contributed by atoms with Crippen molar-refractivity contribution in [3.8, 4) is 0 Å². The van der Waals surface area contributed by atoms with Crippen LogP contribution in [0.4, 0.5) is 5.95 Å². The summed E-state index contributed by atoms with van der Waals surface area (Å²) in [5, 5.41) is 9.24. The molecule has 0 fully saturated rings. The van der Waals surface area contributed by atoms with E-state index in [1.165, 1.54) is 0 Å². The fourth-order valence-corrected chi connectivity index (χ4v) is 1.59. The molecule has 0 unspecified atom stereocenters. The van der Waals surface area contributed by atoms with E-state index in [-0.39, 0.29) is 12.0 Å². The van der Waals surface area contributed by atoms with Gasteiger partial charge in [-0.05, 0) is 11.5 Å². The van der Waals surface area contributed by atoms with Crippen LogP contribution in [0.1, 0.15) is 39.2 Å². The average molecular weight is 237 g/mol. The number of aliphatic hydroxyl groups excluding tert-OH is 1. The Bertz CT molecular complexity index is 346. The van der Waals surface area contributed by atoms with Gasteiger partial charge in [-0.2, -0.15) is 0 Å². The summed E-state index contributed by atoms with van der Waals surface area (Å²) in [7, 11) is 1.95. The van der Waals surface area contributed by atoms with E-state index in [0.29, 0.717) is 11.9 Å². The molecule has 96 valence electrons. The van der Waals surface area contributed by atoms with Crippen molar-refractivity contribution in [1.82, 2.24) is 9.97 Å². The number of anilines is 1. The van der Waals surface area contributed by atoms with Crippen LogP contribution < -0.4 is 4.90 Å². The lowest BCUT2D eigenvalue weighted by atomic mass is 9.94. The highest BCUT2D eigenvalue weighted by atomic mass is 16.3. The van der Waals surface area contributed by atoms with Crippen LogP contribution in [0.5, 0.6) is 0 Å². The maximum atomic E-state index is 9.24. The second-order valence-corrected chi connectivity index (χ2v) is 5.65. The van der Waals surface area contributed by atoms with Crippen molar-refractivity contribution in [2.45, 2.75) is 33.6 Å². The van der Waals surface area contributed by atoms with E-state index >= 15 is 0 Å². The molecule has 4 heteroatoms. The quantitative estimate of drug-likeness (QED) is 0.851. The lowest BCUT2D eigenvalue weighted by molar-refractivity contribution is 0.165. The highest BCUT2D eigenvalue weighted by Crippen LogP contribution is 2.18. The van der Waals surface area contributed by atoms with Gasteiger partial charge in [0, 0.05) is 38.0 Å². The second-order valence-electron chi connectivity index (χ2n) is 5.65. The van der Waals surface area contributed by atoms with Gasteiger partial charge in [-0.25, -0.2) is 9.97 Å². The Hall–Kier alpha value is -1.16. The van der Waals surface area contributed by atoms with Gasteiger partial charge in [0.05, 0.1) is 0 Å². The number of hydrogen-bond donors (Lipinski definition) is 1. The van der Waals surface area contributed by atoms with Gasteiger partial charge in [0.1, 0.15) is 0 Å². The fourth-order valence-electron chi connectivity index (χ4n) is 1.59. The molecule has 1 heterocycles. The normalized spacial score (nSPS) is 11.9. The molecule has 0 saturated heterocycles. The second kappa shape index (κ2) is 5.45. The van der Waals surface area contributed by atoms with Crippen LogP contribution in [-0.2, 0) is 0 Å². The standard InChI is InChI=1S/C13H23N3O/c1-10(2)11-6-14-12(15-7-11)16(5)8-13(3,4)9-17/h6-7,10,17H,8-9H2,1-5H3. The minimum absolute atomic E-state index is 0.144. The summed E-state index contributed by atoms with van der Waals surface area (Å²) in [6, 6.07) is 0. The number of aliphatic hydroxyl groups is 1. The van der Waals surface area contributed by atoms with E-state index in [1.54, 1.807) is 0 Å². The lowest BCUT2D eigenvalue weighted by Crippen LogP contribution is -2.34. The Morgan fingerprint density at radius 1 is 1.29 bits per heavy atom. The van der Waals surface area contributed by atoms with Crippen molar-refractivity contribution in [2.24, 2.45) is 5.41 Å². The van der Waals surface area contributed by atoms with Crippen LogP contribution in [0.2, 0.25) is 0 Å². The first-order chi connectivity index (χ1) is 7.85. The third-order valence-corrected chi connectivity index (χ3v) is 2.76. The summed E-state index contributed by atoms with van der Waals surface area (Å²) in [5.41, 5.74) is 0.998. The molecule has 0 atom stereocenters. The molecule has 0 aliphatic rings. The summed E-state index contributed by atoms with van der Waals surface area (Å²) >= 11 is 0. The molecule has 1 aromatic heterocycles. The van der Waals surface area contributed by atoms with Gasteiger partial charge in [-0.3, -0.25) is 0 Å². The van der Waals surface area contributed by atoms with Crippen molar-refractivity contribution in [3.05, 3.63) is 18.0 Å². The molecule has 0 amide bonds. The van der Waals surface area contributed by atoms with E-state index < -0.39 is 0 Å². The van der Waals surface area contributed by atoms with Crippen molar-refractivity contribution in [2.75, 3.05) is 25.1 Å². The Labute approximate surface area is 104 Å². The topological polar surface area (TPSA) is 49.2 Å². The summed E-state index contributed by atoms with van der Waals surface area (Å²) in [6.45, 7) is 9.16. The molecule has 0 spiro atoms. The summed E-state index contributed by atoms with van der Waals surface area (Å²) in [5.74, 6) is 1.15. The molecule has 0 bridgehead atoms. The first-order valence-corrected chi connectivity index (χ1v) is 5.99. The molecule has 1 rings (SSSR count). The Kier molecular flexibility index (Phi) is 4.46. The summed E-state index contributed by atoms with van der Waals surface area (Å²) < 4.78 is 0. The van der Waals surface area contributed by atoms with Crippen molar-refractivity contribution >= 4 is 5.95 Å². The van der Waals surface area contributed by atoms with E-state index in [0.717, 1.165) is 12.1 Å². The number of rotatable bonds is 5. The molecular formula is C13H23N3O. The summed E-state index contributed by atoms with van der Waals surface area (Å²) in [4.78, 5) is 10.7. The molecule has 0 saturated carbocycles. The lowest BCUT2D eigenvalue weighted by Gasteiger charge is -2.28. The number of aromatic nitrogens is 2. The van der Waals surface area contributed by atoms with Gasteiger partial charge in [0.15, 0.2) is 0 Å². The smallest absolute Gasteiger partial charge is 0.225 e. The van der Waals surface area contributed by atoms with E-state index in [1.807, 2.05) is 38.2 Å². The zero-order chi connectivity index (χ0) is 13.1. The van der Waals surface area contributed by atoms with Crippen LogP contribution in [0.3, 0.4) is 0 Å². The van der Waals surface area contributed by atoms with Crippen LogP contribution >= 0.6 is 0 Å². The van der Waals surface area contributed by atoms with Crippen molar-refractivity contribution in [1.29, 1.82) is 0 Å². The third-order valence-electron chi connectivity index (χ3n) is 2.76. The van der Waals surface area contributed by atoms with Gasteiger partial charge in [-0.15, -0.1) is 0 Å². The molecule has 4 nitrogen and oxygen atoms in total. The summed E-state index contributed by atoms with van der Waals surface area (Å²) in [6.07, 6.45) is 3.74. The van der Waals surface area contributed by atoms with Crippen LogP contribution in [0, 0.1) is 5.41 Å². The molecule has 0 aliphatic carbocycles. The number of nitrogens with zero attached hydrogens (tertiary/aromatic N) is 3. The SMILES string of the molecule is CC(C)c1cnc(N(C)CC(C)(C)CO)nc1. The Balaban J connectivity index is 2.73. The van der Waals surface area contributed by atoms with Crippen molar-refractivity contribution in [3.63, 3.8) is 0 Å². The zero-order valence-electron chi connectivity index (χ0n) is 11.4. The molecule has 0 aliphatic heterocycles. The van der Waals surface area contributed by atoms with Crippen LogP contribution in [-0.4, -0.2) is 35.3 Å². The molecule has 1 N–H and O–H groups in total. The first-order valence-electron chi connectivity index (χ1n) is 5.99. The highest BCUT2D eigenvalue weighted by Gasteiger charge is 2.20. The average Bonchev–Trinajstić information content (AvgIpc) is 2.28. The third kappa shape index (κ3) is 3.97. The predicted octanol–water partition coefficient (Wildman–Crippen LogP) is 2.05. The van der Waals surface area contributed by atoms with Gasteiger partial charge in [0.25, 0.3) is 0 Å². The van der Waals surface area contributed by atoms with E-state index in [2.05, 4.69) is 23.8 Å². The molecule has 17 heavy (non-hydrogen) atoms. The minimum Gasteiger partial charge on any atom is -0.396 e. The Morgan fingerprint density at radius 2 is 1.82 bits per heavy atom. The molecule has 1 aromatic rings. The van der Waals surface area contributed by atoms with E-state index in [9.17, 15) is 5.11 Å². The molecule has 0 aromatic carbocycles. The molecule has 0 radical (unpaired) electrons. The monoisotopic (exact) mass is 237 g/mol. The largest absolute Gasteiger partial charge is 0.396 e. The minimum atomic E-state index is -0.144. The zero-order valence-corrected chi connectivity index (χ0v) is 11.4. The maximum absolute atomic E-state index is 9.24. The van der Waals surface area contributed by atoms with Crippen molar-refractivity contribution < 1.29 is 5.11 Å². The maximum Gasteiger partial charge on any atom is 0.225 e. The van der Waals surface area contributed by atoms with Gasteiger partial charge in [-0.1, -0.05) is 27.7 Å². The van der Waals surface area contributed by atoms with Gasteiger partial charge >= 0.3 is 0 Å². The molecular weight excluding hydrogens is 214 g/mol. The van der Waals surface area contributed by atoms with Gasteiger partial charge < -0.3 is 10.0 Å². The Morgan fingerprint density at radius 3 is 2.24 bits per heavy atom. The van der Waals surface area contributed by atoms with Crippen LogP contribution in [0.15, 0.2) is 12.4 Å². The van der Waals surface area contributed by atoms with Crippen LogP contribution in [0.25, 0.3) is 0 Å².